The summed E-state index contributed by atoms with van der Waals surface area (Å²) < 4.78 is 5.29. The second-order valence-electron chi connectivity index (χ2n) is 4.07. The fourth-order valence-corrected chi connectivity index (χ4v) is 1.96. The maximum Gasteiger partial charge on any atom is 0.120 e. The molecule has 0 fully saturated rings. The van der Waals surface area contributed by atoms with Crippen molar-refractivity contribution in [3.8, 4) is 0 Å². The molecule has 0 aliphatic carbocycles. The van der Waals surface area contributed by atoms with Crippen molar-refractivity contribution >= 4 is 0 Å². The maximum atomic E-state index is 9.01. The maximum absolute atomic E-state index is 9.01. The number of rotatable bonds is 5. The van der Waals surface area contributed by atoms with E-state index in [-0.39, 0.29) is 12.6 Å². The second-order valence-corrected chi connectivity index (χ2v) is 4.07. The van der Waals surface area contributed by atoms with Gasteiger partial charge in [-0.1, -0.05) is 24.3 Å². The van der Waals surface area contributed by atoms with E-state index in [2.05, 4.69) is 0 Å². The van der Waals surface area contributed by atoms with Gasteiger partial charge in [0.15, 0.2) is 0 Å². The number of furan rings is 1. The van der Waals surface area contributed by atoms with Crippen molar-refractivity contribution in [3.05, 3.63) is 59.5 Å². The lowest BCUT2D eigenvalue weighted by Crippen LogP contribution is -2.13. The van der Waals surface area contributed by atoms with Gasteiger partial charge in [0.05, 0.1) is 12.3 Å². The molecule has 1 unspecified atom stereocenters. The predicted octanol–water partition coefficient (Wildman–Crippen LogP) is 2.06. The van der Waals surface area contributed by atoms with Gasteiger partial charge in [-0.3, -0.25) is 0 Å². The molecule has 3 nitrogen and oxygen atoms in total. The number of aliphatic hydroxyl groups is 1. The smallest absolute Gasteiger partial charge is 0.120 e. The molecule has 2 aromatic rings. The Morgan fingerprint density at radius 3 is 2.53 bits per heavy atom. The van der Waals surface area contributed by atoms with E-state index in [0.717, 1.165) is 17.7 Å². The van der Waals surface area contributed by atoms with Crippen molar-refractivity contribution in [2.24, 2.45) is 5.73 Å². The highest BCUT2D eigenvalue weighted by Crippen LogP contribution is 2.19. The van der Waals surface area contributed by atoms with E-state index in [1.165, 1.54) is 5.56 Å². The fraction of sp³-hybridized carbons (Fsp3) is 0.286. The van der Waals surface area contributed by atoms with Crippen LogP contribution in [0.25, 0.3) is 0 Å². The summed E-state index contributed by atoms with van der Waals surface area (Å²) in [6, 6.07) is 11.6. The predicted molar refractivity (Wildman–Crippen MR) is 66.6 cm³/mol. The van der Waals surface area contributed by atoms with Gasteiger partial charge in [-0.15, -0.1) is 0 Å². The minimum Gasteiger partial charge on any atom is -0.468 e. The number of hydrogen-bond acceptors (Lipinski definition) is 3. The highest BCUT2D eigenvalue weighted by Gasteiger charge is 2.11. The average Bonchev–Trinajstić information content (AvgIpc) is 2.85. The van der Waals surface area contributed by atoms with Gasteiger partial charge in [-0.25, -0.2) is 0 Å². The Balaban J connectivity index is 2.12. The first kappa shape index (κ1) is 11.9. The second kappa shape index (κ2) is 5.66. The van der Waals surface area contributed by atoms with Gasteiger partial charge in [0, 0.05) is 6.61 Å². The minimum absolute atomic E-state index is 0.134. The van der Waals surface area contributed by atoms with Crippen LogP contribution in [0.15, 0.2) is 47.1 Å². The van der Waals surface area contributed by atoms with Crippen molar-refractivity contribution in [2.45, 2.75) is 18.9 Å². The molecule has 1 heterocycles. The first-order valence-electron chi connectivity index (χ1n) is 5.78. The third kappa shape index (κ3) is 2.96. The Kier molecular flexibility index (Phi) is 3.96. The van der Waals surface area contributed by atoms with Crippen molar-refractivity contribution in [3.63, 3.8) is 0 Å². The van der Waals surface area contributed by atoms with Crippen molar-refractivity contribution in [1.82, 2.24) is 0 Å². The molecule has 2 rings (SSSR count). The number of benzene rings is 1. The molecule has 0 aliphatic rings. The topological polar surface area (TPSA) is 59.4 Å². The third-order valence-corrected chi connectivity index (χ3v) is 2.85. The molecule has 90 valence electrons. The van der Waals surface area contributed by atoms with Crippen LogP contribution in [0.2, 0.25) is 0 Å². The van der Waals surface area contributed by atoms with Crippen molar-refractivity contribution < 1.29 is 9.52 Å². The summed E-state index contributed by atoms with van der Waals surface area (Å²) in [6.45, 7) is 0.160. The summed E-state index contributed by atoms with van der Waals surface area (Å²) >= 11 is 0. The van der Waals surface area contributed by atoms with Crippen molar-refractivity contribution in [1.29, 1.82) is 0 Å². The molecular weight excluding hydrogens is 214 g/mol. The van der Waals surface area contributed by atoms with Gasteiger partial charge in [-0.2, -0.15) is 0 Å². The lowest BCUT2D eigenvalue weighted by molar-refractivity contribution is 0.299. The Morgan fingerprint density at radius 1 is 1.12 bits per heavy atom. The molecular formula is C14H17NO2. The summed E-state index contributed by atoms with van der Waals surface area (Å²) in [6.07, 6.45) is 3.03. The summed E-state index contributed by atoms with van der Waals surface area (Å²) in [4.78, 5) is 0. The molecule has 1 aromatic carbocycles. The van der Waals surface area contributed by atoms with Crippen LogP contribution in [0.1, 0.15) is 22.9 Å². The lowest BCUT2D eigenvalue weighted by Gasteiger charge is -2.12. The van der Waals surface area contributed by atoms with Crippen LogP contribution in [0.3, 0.4) is 0 Å². The van der Waals surface area contributed by atoms with E-state index < -0.39 is 0 Å². The van der Waals surface area contributed by atoms with Gasteiger partial charge < -0.3 is 15.3 Å². The average molecular weight is 231 g/mol. The molecule has 3 N–H and O–H groups in total. The van der Waals surface area contributed by atoms with E-state index in [1.54, 1.807) is 6.26 Å². The number of aliphatic hydroxyl groups excluding tert-OH is 1. The highest BCUT2D eigenvalue weighted by atomic mass is 16.3. The molecule has 0 aliphatic heterocycles. The summed E-state index contributed by atoms with van der Waals surface area (Å²) in [7, 11) is 0. The van der Waals surface area contributed by atoms with Crippen molar-refractivity contribution in [2.75, 3.05) is 6.61 Å². The largest absolute Gasteiger partial charge is 0.468 e. The lowest BCUT2D eigenvalue weighted by atomic mass is 9.98. The van der Waals surface area contributed by atoms with Crippen LogP contribution < -0.4 is 5.73 Å². The summed E-state index contributed by atoms with van der Waals surface area (Å²) in [5.41, 5.74) is 8.40. The Labute approximate surface area is 101 Å². The monoisotopic (exact) mass is 231 g/mol. The molecule has 0 radical (unpaired) electrons. The molecule has 0 amide bonds. The Hall–Kier alpha value is -1.58. The Bertz CT molecular complexity index is 451. The quantitative estimate of drug-likeness (QED) is 0.828. The van der Waals surface area contributed by atoms with Crippen LogP contribution in [0.4, 0.5) is 0 Å². The molecule has 0 bridgehead atoms. The number of nitrogens with two attached hydrogens (primary N) is 1. The zero-order chi connectivity index (χ0) is 12.1. The van der Waals surface area contributed by atoms with E-state index in [0.29, 0.717) is 6.42 Å². The summed E-state index contributed by atoms with van der Waals surface area (Å²) in [5.74, 6) is 0.795. The normalized spacial score (nSPS) is 12.6. The Morgan fingerprint density at radius 2 is 1.88 bits per heavy atom. The molecule has 0 saturated heterocycles. The fourth-order valence-electron chi connectivity index (χ4n) is 1.96. The van der Waals surface area contributed by atoms with E-state index in [9.17, 15) is 0 Å². The molecule has 17 heavy (non-hydrogen) atoms. The van der Waals surface area contributed by atoms with Gasteiger partial charge in [0.1, 0.15) is 5.76 Å². The summed E-state index contributed by atoms with van der Waals surface area (Å²) in [5, 5.41) is 9.01. The van der Waals surface area contributed by atoms with Crippen LogP contribution in [-0.2, 0) is 12.8 Å². The molecule has 0 saturated carbocycles. The zero-order valence-corrected chi connectivity index (χ0v) is 9.67. The van der Waals surface area contributed by atoms with Crippen LogP contribution in [0.5, 0.6) is 0 Å². The molecule has 1 atom stereocenters. The highest BCUT2D eigenvalue weighted by molar-refractivity contribution is 5.29. The van der Waals surface area contributed by atoms with Crippen LogP contribution in [-0.4, -0.2) is 11.7 Å². The third-order valence-electron chi connectivity index (χ3n) is 2.85. The zero-order valence-electron chi connectivity index (χ0n) is 9.67. The van der Waals surface area contributed by atoms with Crippen LogP contribution >= 0.6 is 0 Å². The van der Waals surface area contributed by atoms with E-state index >= 15 is 0 Å². The molecule has 1 aromatic heterocycles. The van der Waals surface area contributed by atoms with Crippen LogP contribution in [0, 0.1) is 0 Å². The van der Waals surface area contributed by atoms with E-state index in [4.69, 9.17) is 15.3 Å². The SMILES string of the molecule is NC(Cc1ccccc1CCO)c1ccco1. The first-order chi connectivity index (χ1) is 8.31. The standard InChI is InChI=1S/C14H17NO2/c15-13(14-6-3-9-17-14)10-12-5-2-1-4-11(12)7-8-16/h1-6,9,13,16H,7-8,10,15H2. The van der Waals surface area contributed by atoms with E-state index in [1.807, 2.05) is 36.4 Å². The van der Waals surface area contributed by atoms with Gasteiger partial charge in [0.25, 0.3) is 0 Å². The molecule has 0 spiro atoms. The minimum atomic E-state index is -0.134. The number of hydrogen-bond donors (Lipinski definition) is 2. The van der Waals surface area contributed by atoms with Gasteiger partial charge in [-0.05, 0) is 36.1 Å². The molecule has 3 heteroatoms. The van der Waals surface area contributed by atoms with Gasteiger partial charge >= 0.3 is 0 Å². The first-order valence-corrected chi connectivity index (χ1v) is 5.78. The van der Waals surface area contributed by atoms with Gasteiger partial charge in [0.2, 0.25) is 0 Å².